The second kappa shape index (κ2) is 15.3. The lowest BCUT2D eigenvalue weighted by Gasteiger charge is -2.47. The highest BCUT2D eigenvalue weighted by molar-refractivity contribution is 6.30. The topological polar surface area (TPSA) is 59.1 Å². The molecule has 5 aliphatic rings. The minimum absolute atomic E-state index is 0. The Kier molecular flexibility index (Phi) is 12.1. The first kappa shape index (κ1) is 32.4. The van der Waals surface area contributed by atoms with E-state index >= 15 is 0 Å². The van der Waals surface area contributed by atoms with E-state index in [-0.39, 0.29) is 36.4 Å². The van der Waals surface area contributed by atoms with Crippen LogP contribution in [-0.4, -0.2) is 102 Å². The number of hydrogen-bond donors (Lipinski definition) is 1. The third kappa shape index (κ3) is 7.90. The predicted molar refractivity (Wildman–Crippen MR) is 169 cm³/mol. The molecule has 230 valence electrons. The quantitative estimate of drug-likeness (QED) is 0.406. The molecule has 6 rings (SSSR count). The van der Waals surface area contributed by atoms with Gasteiger partial charge in [0.15, 0.2) is 0 Å². The molecule has 0 radical (unpaired) electrons. The first-order valence-corrected chi connectivity index (χ1v) is 16.4. The first-order valence-electron chi connectivity index (χ1n) is 16.1. The fourth-order valence-corrected chi connectivity index (χ4v) is 7.82. The number of amides is 3. The van der Waals surface area contributed by atoms with Crippen molar-refractivity contribution in [1.29, 1.82) is 0 Å². The van der Waals surface area contributed by atoms with Crippen LogP contribution in [0.15, 0.2) is 24.3 Å². The van der Waals surface area contributed by atoms with Crippen molar-refractivity contribution in [2.24, 2.45) is 5.92 Å². The third-order valence-corrected chi connectivity index (χ3v) is 10.4. The van der Waals surface area contributed by atoms with Gasteiger partial charge in [-0.15, -0.1) is 12.4 Å². The Morgan fingerprint density at radius 2 is 1.51 bits per heavy atom. The molecule has 5 fully saturated rings. The van der Waals surface area contributed by atoms with E-state index in [0.717, 1.165) is 69.0 Å². The van der Waals surface area contributed by atoms with E-state index in [1.807, 2.05) is 29.2 Å². The van der Waals surface area contributed by atoms with Gasteiger partial charge in [-0.3, -0.25) is 4.79 Å². The number of carbonyl (C=O) groups is 2. The van der Waals surface area contributed by atoms with Gasteiger partial charge in [0.05, 0.1) is 6.04 Å². The molecule has 0 aromatic heterocycles. The van der Waals surface area contributed by atoms with Crippen LogP contribution in [-0.2, 0) is 11.2 Å². The van der Waals surface area contributed by atoms with Crippen molar-refractivity contribution < 1.29 is 9.59 Å². The van der Waals surface area contributed by atoms with Gasteiger partial charge >= 0.3 is 6.03 Å². The number of benzene rings is 1. The van der Waals surface area contributed by atoms with Gasteiger partial charge in [0.1, 0.15) is 0 Å². The summed E-state index contributed by atoms with van der Waals surface area (Å²) >= 11 is 6.16. The van der Waals surface area contributed by atoms with Crippen molar-refractivity contribution in [3.05, 3.63) is 34.9 Å². The lowest BCUT2D eigenvalue weighted by molar-refractivity contribution is -0.135. The summed E-state index contributed by atoms with van der Waals surface area (Å²) in [6.07, 6.45) is 10.8. The summed E-state index contributed by atoms with van der Waals surface area (Å²) in [7, 11) is 0. The predicted octanol–water partition coefficient (Wildman–Crippen LogP) is 5.44. The van der Waals surface area contributed by atoms with Crippen LogP contribution in [0.3, 0.4) is 0 Å². The van der Waals surface area contributed by atoms with Gasteiger partial charge < -0.3 is 24.9 Å². The van der Waals surface area contributed by atoms with E-state index in [1.54, 1.807) is 0 Å². The largest absolute Gasteiger partial charge is 0.341 e. The summed E-state index contributed by atoms with van der Waals surface area (Å²) in [6, 6.07) is 8.82. The standard InChI is InChI=1S/C32H50ClN5O2.ClH/c1-3-36(4-2)32(40)38(27-8-6-5-7-9-27)28-16-20-37(21-17-28)31(39)29(22-24-10-12-26(33)13-11-24)34-30-23-35-18-14-25(30)15-19-35;/h10-13,25,27-30,34H,3-9,14-23H2,1-2H3;1H/t29-,30?;/m1./s1. The minimum atomic E-state index is -0.241. The summed E-state index contributed by atoms with van der Waals surface area (Å²) < 4.78 is 0. The number of urea groups is 1. The van der Waals surface area contributed by atoms with Crippen LogP contribution < -0.4 is 5.32 Å². The molecule has 4 heterocycles. The second-order valence-electron chi connectivity index (χ2n) is 12.5. The maximum atomic E-state index is 14.1. The first-order chi connectivity index (χ1) is 19.5. The zero-order valence-corrected chi connectivity index (χ0v) is 26.7. The molecular formula is C32H51Cl2N5O2. The molecule has 0 spiro atoms. The number of rotatable bonds is 9. The zero-order valence-electron chi connectivity index (χ0n) is 25.1. The van der Waals surface area contributed by atoms with E-state index in [9.17, 15) is 9.59 Å². The molecule has 41 heavy (non-hydrogen) atoms. The van der Waals surface area contributed by atoms with Gasteiger partial charge in [0.2, 0.25) is 5.91 Å². The van der Waals surface area contributed by atoms with Crippen molar-refractivity contribution in [2.45, 2.75) is 102 Å². The number of piperidine rings is 4. The number of fused-ring (bicyclic) bond motifs is 3. The minimum Gasteiger partial charge on any atom is -0.341 e. The number of nitrogens with zero attached hydrogens (tertiary/aromatic N) is 4. The maximum absolute atomic E-state index is 14.1. The summed E-state index contributed by atoms with van der Waals surface area (Å²) in [5, 5.41) is 4.57. The van der Waals surface area contributed by atoms with E-state index in [2.05, 4.69) is 33.9 Å². The fourth-order valence-electron chi connectivity index (χ4n) is 7.70. The molecule has 7 nitrogen and oxygen atoms in total. The Labute approximate surface area is 258 Å². The fraction of sp³-hybridized carbons (Fsp3) is 0.750. The molecule has 4 aliphatic heterocycles. The monoisotopic (exact) mass is 607 g/mol. The van der Waals surface area contributed by atoms with Gasteiger partial charge in [-0.1, -0.05) is 43.0 Å². The van der Waals surface area contributed by atoms with Gasteiger partial charge in [-0.25, -0.2) is 4.79 Å². The van der Waals surface area contributed by atoms with Crippen LogP contribution in [0.2, 0.25) is 5.02 Å². The van der Waals surface area contributed by atoms with Gasteiger partial charge in [0.25, 0.3) is 0 Å². The number of hydrogen-bond acceptors (Lipinski definition) is 4. The van der Waals surface area contributed by atoms with Crippen LogP contribution in [0.25, 0.3) is 0 Å². The Morgan fingerprint density at radius 3 is 2.07 bits per heavy atom. The second-order valence-corrected chi connectivity index (χ2v) is 12.9. The Balaban J connectivity index is 0.00000387. The van der Waals surface area contributed by atoms with Crippen molar-refractivity contribution >= 4 is 35.9 Å². The van der Waals surface area contributed by atoms with Crippen molar-refractivity contribution in [3.63, 3.8) is 0 Å². The van der Waals surface area contributed by atoms with E-state index in [4.69, 9.17) is 11.6 Å². The SMILES string of the molecule is CCN(CC)C(=O)N(C1CCCCC1)C1CCN(C(=O)[C@@H](Cc2ccc(Cl)cc2)NC2CN3CCC2CC3)CC1.Cl. The molecule has 1 unspecified atom stereocenters. The Morgan fingerprint density at radius 1 is 0.902 bits per heavy atom. The average Bonchev–Trinajstić information content (AvgIpc) is 3.00. The number of halogens is 2. The normalized spacial score (nSPS) is 25.8. The van der Waals surface area contributed by atoms with Crippen molar-refractivity contribution in [2.75, 3.05) is 45.8 Å². The average molecular weight is 609 g/mol. The van der Waals surface area contributed by atoms with Crippen LogP contribution in [0, 0.1) is 5.92 Å². The third-order valence-electron chi connectivity index (χ3n) is 10.1. The smallest absolute Gasteiger partial charge is 0.320 e. The van der Waals surface area contributed by atoms with Crippen LogP contribution in [0.5, 0.6) is 0 Å². The number of nitrogens with one attached hydrogen (secondary N) is 1. The Bertz CT molecular complexity index is 969. The highest BCUT2D eigenvalue weighted by Crippen LogP contribution is 2.31. The Hall–Kier alpha value is -1.54. The molecule has 2 bridgehead atoms. The van der Waals surface area contributed by atoms with E-state index in [0.29, 0.717) is 24.4 Å². The molecular weight excluding hydrogens is 557 g/mol. The van der Waals surface area contributed by atoms with Crippen LogP contribution >= 0.6 is 24.0 Å². The van der Waals surface area contributed by atoms with Crippen LogP contribution in [0.1, 0.15) is 77.2 Å². The van der Waals surface area contributed by atoms with Crippen molar-refractivity contribution in [3.8, 4) is 0 Å². The summed E-state index contributed by atoms with van der Waals surface area (Å²) in [5.41, 5.74) is 1.14. The molecule has 1 aliphatic carbocycles. The van der Waals surface area contributed by atoms with Gasteiger partial charge in [-0.2, -0.15) is 0 Å². The lowest BCUT2D eigenvalue weighted by atomic mass is 9.83. The van der Waals surface area contributed by atoms with Crippen molar-refractivity contribution in [1.82, 2.24) is 24.9 Å². The van der Waals surface area contributed by atoms with Crippen LogP contribution in [0.4, 0.5) is 4.79 Å². The summed E-state index contributed by atoms with van der Waals surface area (Å²) in [6.45, 7) is 10.5. The number of likely N-dealkylation sites (tertiary alicyclic amines) is 1. The number of carbonyl (C=O) groups excluding carboxylic acids is 2. The maximum Gasteiger partial charge on any atom is 0.320 e. The molecule has 3 amide bonds. The summed E-state index contributed by atoms with van der Waals surface area (Å²) in [4.78, 5) is 36.6. The van der Waals surface area contributed by atoms with E-state index < -0.39 is 0 Å². The molecule has 1 N–H and O–H groups in total. The lowest BCUT2D eigenvalue weighted by Crippen LogP contribution is -2.62. The highest BCUT2D eigenvalue weighted by Gasteiger charge is 2.39. The molecule has 4 saturated heterocycles. The van der Waals surface area contributed by atoms with Gasteiger partial charge in [0, 0.05) is 55.9 Å². The highest BCUT2D eigenvalue weighted by atomic mass is 35.5. The molecule has 1 saturated carbocycles. The van der Waals surface area contributed by atoms with Gasteiger partial charge in [-0.05, 0) is 95.5 Å². The molecule has 1 aromatic carbocycles. The molecule has 2 atom stereocenters. The molecule has 9 heteroatoms. The summed E-state index contributed by atoms with van der Waals surface area (Å²) in [5.74, 6) is 0.871. The molecule has 1 aromatic rings. The van der Waals surface area contributed by atoms with E-state index in [1.165, 1.54) is 45.2 Å². The zero-order chi connectivity index (χ0) is 28.1.